The van der Waals surface area contributed by atoms with E-state index in [1.54, 1.807) is 0 Å². The number of esters is 1. The van der Waals surface area contributed by atoms with Crippen LogP contribution in [0.3, 0.4) is 0 Å². The third-order valence-corrected chi connectivity index (χ3v) is 5.29. The first-order valence-electron chi connectivity index (χ1n) is 9.18. The summed E-state index contributed by atoms with van der Waals surface area (Å²) in [6.45, 7) is 0. The number of hydrogen-bond donors (Lipinski definition) is 4. The molecular formula is C21H18ClN5O5S. The molecule has 0 bridgehead atoms. The second kappa shape index (κ2) is 9.69. The second-order valence-corrected chi connectivity index (χ2v) is 8.67. The number of primary sulfonamides is 1. The number of carbonyl (C=O) groups excluding carboxylic acids is 2. The number of nitrogens with two attached hydrogens (primary N) is 3. The van der Waals surface area contributed by atoms with Crippen molar-refractivity contribution in [2.45, 2.75) is 4.90 Å². The van der Waals surface area contributed by atoms with E-state index < -0.39 is 21.9 Å². The molecule has 0 unspecified atom stereocenters. The highest BCUT2D eigenvalue weighted by molar-refractivity contribution is 7.89. The van der Waals surface area contributed by atoms with Gasteiger partial charge in [-0.3, -0.25) is 4.79 Å². The molecule has 0 atom stereocenters. The average molecular weight is 488 g/mol. The van der Waals surface area contributed by atoms with Crippen molar-refractivity contribution in [1.82, 2.24) is 0 Å². The first-order chi connectivity index (χ1) is 15.5. The Labute approximate surface area is 194 Å². The molecule has 0 spiro atoms. The molecule has 0 radical (unpaired) electrons. The number of carbonyl (C=O) groups is 2. The highest BCUT2D eigenvalue weighted by atomic mass is 35.5. The summed E-state index contributed by atoms with van der Waals surface area (Å²) in [4.78, 5) is 28.8. The van der Waals surface area contributed by atoms with Gasteiger partial charge in [-0.2, -0.15) is 0 Å². The predicted molar refractivity (Wildman–Crippen MR) is 124 cm³/mol. The van der Waals surface area contributed by atoms with Gasteiger partial charge < -0.3 is 21.5 Å². The van der Waals surface area contributed by atoms with E-state index in [1.165, 1.54) is 66.7 Å². The van der Waals surface area contributed by atoms with Crippen LogP contribution in [-0.4, -0.2) is 26.3 Å². The van der Waals surface area contributed by atoms with Crippen LogP contribution in [0, 0.1) is 0 Å². The highest BCUT2D eigenvalue weighted by Crippen LogP contribution is 2.24. The summed E-state index contributed by atoms with van der Waals surface area (Å²) in [6, 6.07) is 15.4. The third-order valence-electron chi connectivity index (χ3n) is 4.15. The highest BCUT2D eigenvalue weighted by Gasteiger charge is 2.14. The van der Waals surface area contributed by atoms with Crippen LogP contribution in [0.4, 0.5) is 11.4 Å². The lowest BCUT2D eigenvalue weighted by Gasteiger charge is -2.09. The van der Waals surface area contributed by atoms with E-state index in [0.717, 1.165) is 0 Å². The first-order valence-corrected chi connectivity index (χ1v) is 11.1. The number of aliphatic imine (C=N–C) groups is 1. The molecule has 0 aromatic heterocycles. The number of sulfonamides is 1. The second-order valence-electron chi connectivity index (χ2n) is 6.67. The van der Waals surface area contributed by atoms with Gasteiger partial charge in [-0.1, -0.05) is 11.6 Å². The summed E-state index contributed by atoms with van der Waals surface area (Å²) in [5.41, 5.74) is 11.8. The Hall–Kier alpha value is -3.93. The predicted octanol–water partition coefficient (Wildman–Crippen LogP) is 2.36. The maximum Gasteiger partial charge on any atom is 0.343 e. The smallest absolute Gasteiger partial charge is 0.343 e. The van der Waals surface area contributed by atoms with Gasteiger partial charge >= 0.3 is 5.97 Å². The van der Waals surface area contributed by atoms with Crippen LogP contribution < -0.4 is 26.7 Å². The fraction of sp³-hybridized carbons (Fsp3) is 0. The first kappa shape index (κ1) is 23.7. The minimum absolute atomic E-state index is 0.0514. The lowest BCUT2D eigenvalue weighted by molar-refractivity contribution is 0.0734. The molecule has 0 saturated heterocycles. The number of guanidine groups is 1. The molecule has 7 N–H and O–H groups in total. The van der Waals surface area contributed by atoms with Crippen LogP contribution >= 0.6 is 11.6 Å². The molecule has 0 saturated carbocycles. The van der Waals surface area contributed by atoms with Gasteiger partial charge in [0.1, 0.15) is 5.75 Å². The van der Waals surface area contributed by atoms with Crippen molar-refractivity contribution in [3.8, 4) is 5.75 Å². The van der Waals surface area contributed by atoms with Crippen molar-refractivity contribution in [3.63, 3.8) is 0 Å². The fourth-order valence-corrected chi connectivity index (χ4v) is 3.41. The number of halogens is 1. The molecule has 0 aliphatic heterocycles. The molecule has 3 rings (SSSR count). The topological polar surface area (TPSA) is 180 Å². The van der Waals surface area contributed by atoms with Crippen LogP contribution in [0.2, 0.25) is 5.02 Å². The van der Waals surface area contributed by atoms with Crippen molar-refractivity contribution in [2.24, 2.45) is 21.6 Å². The molecule has 0 fully saturated rings. The number of hydrogen-bond acceptors (Lipinski definition) is 6. The van der Waals surface area contributed by atoms with E-state index in [-0.39, 0.29) is 32.8 Å². The van der Waals surface area contributed by atoms with Gasteiger partial charge in [0.05, 0.1) is 16.1 Å². The summed E-state index contributed by atoms with van der Waals surface area (Å²) >= 11 is 6.08. The van der Waals surface area contributed by atoms with E-state index in [1.807, 2.05) is 0 Å². The zero-order chi connectivity index (χ0) is 24.2. The van der Waals surface area contributed by atoms with Gasteiger partial charge in [-0.15, -0.1) is 0 Å². The third kappa shape index (κ3) is 6.53. The molecule has 3 aromatic carbocycles. The Bertz CT molecular complexity index is 1340. The number of anilines is 1. The Morgan fingerprint density at radius 2 is 1.55 bits per heavy atom. The van der Waals surface area contributed by atoms with E-state index in [2.05, 4.69) is 10.3 Å². The van der Waals surface area contributed by atoms with Crippen LogP contribution in [-0.2, 0) is 10.0 Å². The van der Waals surface area contributed by atoms with Gasteiger partial charge in [-0.05, 0) is 66.7 Å². The lowest BCUT2D eigenvalue weighted by Crippen LogP contribution is -2.21. The lowest BCUT2D eigenvalue weighted by atomic mass is 10.2. The van der Waals surface area contributed by atoms with Gasteiger partial charge in [0.15, 0.2) is 5.96 Å². The van der Waals surface area contributed by atoms with E-state index in [4.69, 9.17) is 32.9 Å². The van der Waals surface area contributed by atoms with Crippen LogP contribution in [0.5, 0.6) is 5.75 Å². The summed E-state index contributed by atoms with van der Waals surface area (Å²) in [5.74, 6) is -1.30. The molecule has 0 aliphatic carbocycles. The van der Waals surface area contributed by atoms with E-state index in [0.29, 0.717) is 11.4 Å². The number of rotatable bonds is 6. The minimum atomic E-state index is -3.85. The number of nitrogens with one attached hydrogen (secondary N) is 1. The zero-order valence-electron chi connectivity index (χ0n) is 16.9. The van der Waals surface area contributed by atoms with Crippen molar-refractivity contribution in [3.05, 3.63) is 82.9 Å². The average Bonchev–Trinajstić information content (AvgIpc) is 2.73. The van der Waals surface area contributed by atoms with Gasteiger partial charge in [-0.25, -0.2) is 23.3 Å². The Balaban J connectivity index is 1.74. The van der Waals surface area contributed by atoms with Crippen molar-refractivity contribution < 1.29 is 22.7 Å². The zero-order valence-corrected chi connectivity index (χ0v) is 18.4. The molecule has 10 nitrogen and oxygen atoms in total. The Kier molecular flexibility index (Phi) is 6.97. The number of amides is 1. The van der Waals surface area contributed by atoms with Crippen LogP contribution in [0.25, 0.3) is 0 Å². The summed E-state index contributed by atoms with van der Waals surface area (Å²) in [6.07, 6.45) is 0. The molecule has 12 heteroatoms. The van der Waals surface area contributed by atoms with Gasteiger partial charge in [0.25, 0.3) is 5.91 Å². The standard InChI is InChI=1S/C21H18ClN5O5S/c22-14-9-13(19(28)26-15-5-7-18(8-6-15)33(25,30)31)10-17(11-14)32-20(29)12-1-3-16(4-2-12)27-21(23)24/h1-11H,(H,26,28)(H4,23,24,27)(H2,25,30,31). The molecule has 170 valence electrons. The van der Waals surface area contributed by atoms with Gasteiger partial charge in [0.2, 0.25) is 10.0 Å². The van der Waals surface area contributed by atoms with E-state index in [9.17, 15) is 18.0 Å². The SMILES string of the molecule is NC(N)=Nc1ccc(C(=O)Oc2cc(Cl)cc(C(=O)Nc3ccc(S(N)(=O)=O)cc3)c2)cc1. The number of nitrogens with zero attached hydrogens (tertiary/aromatic N) is 1. The van der Waals surface area contributed by atoms with Crippen molar-refractivity contribution >= 4 is 50.8 Å². The minimum Gasteiger partial charge on any atom is -0.423 e. The fourth-order valence-electron chi connectivity index (χ4n) is 2.67. The molecule has 3 aromatic rings. The largest absolute Gasteiger partial charge is 0.423 e. The number of ether oxygens (including phenoxy) is 1. The molecular weight excluding hydrogens is 470 g/mol. The van der Waals surface area contributed by atoms with Gasteiger partial charge in [0, 0.05) is 16.3 Å². The van der Waals surface area contributed by atoms with E-state index >= 15 is 0 Å². The number of benzene rings is 3. The van der Waals surface area contributed by atoms with Crippen LogP contribution in [0.1, 0.15) is 20.7 Å². The monoisotopic (exact) mass is 487 g/mol. The normalized spacial score (nSPS) is 10.8. The summed E-state index contributed by atoms with van der Waals surface area (Å²) in [7, 11) is -3.85. The molecule has 0 heterocycles. The maximum atomic E-state index is 12.6. The Morgan fingerprint density at radius 1 is 0.909 bits per heavy atom. The molecule has 33 heavy (non-hydrogen) atoms. The van der Waals surface area contributed by atoms with Crippen molar-refractivity contribution in [2.75, 3.05) is 5.32 Å². The van der Waals surface area contributed by atoms with Crippen LogP contribution in [0.15, 0.2) is 76.6 Å². The van der Waals surface area contributed by atoms with Crippen molar-refractivity contribution in [1.29, 1.82) is 0 Å². The maximum absolute atomic E-state index is 12.6. The summed E-state index contributed by atoms with van der Waals surface area (Å²) in [5, 5.41) is 7.81. The molecule has 1 amide bonds. The quantitative estimate of drug-likeness (QED) is 0.178. The Morgan fingerprint density at radius 3 is 2.12 bits per heavy atom. The molecule has 0 aliphatic rings. The summed E-state index contributed by atoms with van der Waals surface area (Å²) < 4.78 is 28.0.